The average Bonchev–Trinajstić information content (AvgIpc) is 2.86. The number of phenols is 1. The maximum absolute atomic E-state index is 12.7. The lowest BCUT2D eigenvalue weighted by atomic mass is 9.98. The molecule has 0 radical (unpaired) electrons. The van der Waals surface area contributed by atoms with Gasteiger partial charge in [0.1, 0.15) is 5.75 Å². The van der Waals surface area contributed by atoms with Crippen molar-refractivity contribution in [2.45, 2.75) is 60.5 Å². The quantitative estimate of drug-likeness (QED) is 0.154. The van der Waals surface area contributed by atoms with Crippen LogP contribution in [0.1, 0.15) is 65.2 Å². The number of aliphatic hydroxyl groups is 1. The molecule has 0 fully saturated rings. The van der Waals surface area contributed by atoms with Crippen molar-refractivity contribution in [3.8, 4) is 5.75 Å². The van der Waals surface area contributed by atoms with Crippen LogP contribution in [-0.2, 0) is 43.7 Å². The number of aryl methyl sites for hydroxylation is 1. The van der Waals surface area contributed by atoms with Gasteiger partial charge in [0.05, 0.1) is 27.5 Å². The summed E-state index contributed by atoms with van der Waals surface area (Å²) >= 11 is 0. The minimum atomic E-state index is -4.45. The standard InChI is InChI=1S/C27H38O12P2/c1-26(2,3)24(30)36-16-38-40(32,33)19-10-7-18(8-11-19)9-13-22(28)21-15-20(12-14-23(21)29)41(34,35)39-17-37-25(31)27(4,5)6/h7-8,10-12,14-15,22,28-29H,9,13,16-17H2,1-6H3,(H,32,33)(H,34,35). The molecule has 0 bridgehead atoms. The fraction of sp³-hybridized carbons (Fsp3) is 0.481. The molecule has 3 atom stereocenters. The van der Waals surface area contributed by atoms with Crippen LogP contribution < -0.4 is 10.6 Å². The first-order chi connectivity index (χ1) is 18.7. The van der Waals surface area contributed by atoms with E-state index < -0.39 is 57.6 Å². The van der Waals surface area contributed by atoms with Gasteiger partial charge in [-0.05, 0) is 90.3 Å². The maximum Gasteiger partial charge on any atom is 0.361 e. The van der Waals surface area contributed by atoms with E-state index in [1.54, 1.807) is 53.7 Å². The Morgan fingerprint density at radius 3 is 1.68 bits per heavy atom. The summed E-state index contributed by atoms with van der Waals surface area (Å²) in [7, 11) is -8.71. The molecule has 0 amide bonds. The average molecular weight is 617 g/mol. The number of rotatable bonds is 12. The van der Waals surface area contributed by atoms with Gasteiger partial charge in [-0.3, -0.25) is 27.8 Å². The van der Waals surface area contributed by atoms with Gasteiger partial charge in [-0.25, -0.2) is 0 Å². The van der Waals surface area contributed by atoms with Crippen molar-refractivity contribution in [3.63, 3.8) is 0 Å². The number of hydrogen-bond donors (Lipinski definition) is 4. The molecule has 0 aromatic heterocycles. The highest BCUT2D eigenvalue weighted by Gasteiger charge is 2.29. The van der Waals surface area contributed by atoms with Crippen LogP contribution in [0.4, 0.5) is 0 Å². The smallest absolute Gasteiger partial charge is 0.361 e. The summed E-state index contributed by atoms with van der Waals surface area (Å²) in [5.41, 5.74) is -0.949. The summed E-state index contributed by atoms with van der Waals surface area (Å²) in [5, 5.41) is 20.7. The summed E-state index contributed by atoms with van der Waals surface area (Å²) in [5.74, 6) is -1.51. The molecule has 0 saturated carbocycles. The van der Waals surface area contributed by atoms with Crippen molar-refractivity contribution < 1.29 is 57.2 Å². The Morgan fingerprint density at radius 2 is 1.22 bits per heavy atom. The first-order valence-corrected chi connectivity index (χ1v) is 15.8. The molecule has 0 spiro atoms. The van der Waals surface area contributed by atoms with Gasteiger partial charge in [-0.2, -0.15) is 0 Å². The van der Waals surface area contributed by atoms with Crippen LogP contribution in [-0.4, -0.2) is 45.5 Å². The Hall–Kier alpha value is -2.56. The zero-order valence-corrected chi connectivity index (χ0v) is 25.7. The van der Waals surface area contributed by atoms with Gasteiger partial charge in [0.15, 0.2) is 0 Å². The van der Waals surface area contributed by atoms with Crippen LogP contribution in [0, 0.1) is 10.8 Å². The molecular weight excluding hydrogens is 578 g/mol. The first kappa shape index (κ1) is 34.6. The molecule has 228 valence electrons. The number of carbonyl (C=O) groups is 2. The number of aromatic hydroxyl groups is 1. The minimum absolute atomic E-state index is 0.0123. The van der Waals surface area contributed by atoms with Gasteiger partial charge in [0.25, 0.3) is 0 Å². The lowest BCUT2D eigenvalue weighted by Gasteiger charge is -2.19. The summed E-state index contributed by atoms with van der Waals surface area (Å²) in [6.07, 6.45) is -0.870. The van der Waals surface area contributed by atoms with Crippen molar-refractivity contribution in [2.24, 2.45) is 10.8 Å². The van der Waals surface area contributed by atoms with Gasteiger partial charge in [-0.1, -0.05) is 12.1 Å². The molecule has 12 nitrogen and oxygen atoms in total. The largest absolute Gasteiger partial charge is 0.508 e. The van der Waals surface area contributed by atoms with E-state index in [4.69, 9.17) is 18.5 Å². The zero-order valence-electron chi connectivity index (χ0n) is 23.9. The fourth-order valence-corrected chi connectivity index (χ4v) is 4.96. The molecule has 14 heteroatoms. The van der Waals surface area contributed by atoms with E-state index in [2.05, 4.69) is 0 Å². The van der Waals surface area contributed by atoms with Crippen LogP contribution in [0.5, 0.6) is 5.75 Å². The first-order valence-electron chi connectivity index (χ1n) is 12.6. The molecule has 0 aliphatic carbocycles. The predicted octanol–water partition coefficient (Wildman–Crippen LogP) is 3.81. The highest BCUT2D eigenvalue weighted by atomic mass is 31.2. The molecular formula is C27H38O12P2. The number of carbonyl (C=O) groups excluding carboxylic acids is 2. The van der Waals surface area contributed by atoms with E-state index in [1.807, 2.05) is 0 Å². The second-order valence-corrected chi connectivity index (χ2v) is 15.0. The lowest BCUT2D eigenvalue weighted by molar-refractivity contribution is -0.160. The number of benzene rings is 2. The Kier molecular flexibility index (Phi) is 11.5. The third-order valence-corrected chi connectivity index (χ3v) is 8.52. The van der Waals surface area contributed by atoms with Crippen molar-refractivity contribution in [1.82, 2.24) is 0 Å². The van der Waals surface area contributed by atoms with E-state index in [0.29, 0.717) is 5.56 Å². The molecule has 3 unspecified atom stereocenters. The fourth-order valence-electron chi connectivity index (χ4n) is 3.18. The van der Waals surface area contributed by atoms with E-state index in [1.165, 1.54) is 12.1 Å². The highest BCUT2D eigenvalue weighted by molar-refractivity contribution is 7.61. The maximum atomic E-state index is 12.7. The van der Waals surface area contributed by atoms with Crippen molar-refractivity contribution in [1.29, 1.82) is 0 Å². The number of hydrogen-bond acceptors (Lipinski definition) is 10. The van der Waals surface area contributed by atoms with Gasteiger partial charge in [-0.15, -0.1) is 0 Å². The van der Waals surface area contributed by atoms with Gasteiger partial charge in [0.2, 0.25) is 13.6 Å². The SMILES string of the molecule is CC(C)(C)C(=O)OCOP(=O)(O)c1ccc(CCC(O)c2cc(P(=O)(O)OCOC(=O)C(C)(C)C)ccc2O)cc1. The van der Waals surface area contributed by atoms with Crippen LogP contribution in [0.2, 0.25) is 0 Å². The summed E-state index contributed by atoms with van der Waals surface area (Å²) in [6.45, 7) is 8.31. The predicted molar refractivity (Wildman–Crippen MR) is 150 cm³/mol. The monoisotopic (exact) mass is 616 g/mol. The van der Waals surface area contributed by atoms with Crippen LogP contribution in [0.15, 0.2) is 42.5 Å². The third-order valence-electron chi connectivity index (χ3n) is 5.73. The van der Waals surface area contributed by atoms with Crippen LogP contribution in [0.3, 0.4) is 0 Å². The van der Waals surface area contributed by atoms with E-state index >= 15 is 0 Å². The van der Waals surface area contributed by atoms with Crippen LogP contribution >= 0.6 is 15.2 Å². The molecule has 2 rings (SSSR count). The second-order valence-electron chi connectivity index (χ2n) is 11.4. The number of ether oxygens (including phenoxy) is 2. The topological polar surface area (TPSA) is 186 Å². The molecule has 2 aromatic rings. The number of aliphatic hydroxyl groups excluding tert-OH is 1. The highest BCUT2D eigenvalue weighted by Crippen LogP contribution is 2.43. The van der Waals surface area contributed by atoms with E-state index in [9.17, 15) is 38.7 Å². The summed E-state index contributed by atoms with van der Waals surface area (Å²) in [6, 6.07) is 9.31. The third kappa shape index (κ3) is 10.3. The van der Waals surface area contributed by atoms with Crippen LogP contribution in [0.25, 0.3) is 0 Å². The number of phenolic OH excluding ortho intramolecular Hbond substituents is 1. The normalized spacial score (nSPS) is 15.8. The van der Waals surface area contributed by atoms with E-state index in [0.717, 1.165) is 18.2 Å². The summed E-state index contributed by atoms with van der Waals surface area (Å²) < 4.78 is 44.7. The van der Waals surface area contributed by atoms with Crippen molar-refractivity contribution in [2.75, 3.05) is 13.6 Å². The Balaban J connectivity index is 2.00. The van der Waals surface area contributed by atoms with E-state index in [-0.39, 0.29) is 34.8 Å². The Morgan fingerprint density at radius 1 is 0.780 bits per heavy atom. The van der Waals surface area contributed by atoms with Gasteiger partial charge < -0.3 is 29.5 Å². The molecule has 4 N–H and O–H groups in total. The lowest BCUT2D eigenvalue weighted by Crippen LogP contribution is -2.24. The Labute approximate surface area is 239 Å². The van der Waals surface area contributed by atoms with Crippen molar-refractivity contribution >= 4 is 37.7 Å². The molecule has 0 aliphatic rings. The number of esters is 2. The Bertz CT molecular complexity index is 1310. The molecule has 41 heavy (non-hydrogen) atoms. The molecule has 0 aliphatic heterocycles. The zero-order chi connectivity index (χ0) is 31.2. The molecule has 2 aromatic carbocycles. The molecule has 0 heterocycles. The molecule has 0 saturated heterocycles. The van der Waals surface area contributed by atoms with Gasteiger partial charge >= 0.3 is 27.1 Å². The summed E-state index contributed by atoms with van der Waals surface area (Å²) in [4.78, 5) is 44.1. The van der Waals surface area contributed by atoms with Gasteiger partial charge in [0, 0.05) is 5.56 Å². The van der Waals surface area contributed by atoms with Crippen molar-refractivity contribution in [3.05, 3.63) is 53.6 Å². The minimum Gasteiger partial charge on any atom is -0.508 e. The second kappa shape index (κ2) is 13.6.